The Morgan fingerprint density at radius 2 is 1.95 bits per heavy atom. The van der Waals surface area contributed by atoms with E-state index in [0.717, 1.165) is 6.54 Å². The van der Waals surface area contributed by atoms with Crippen molar-refractivity contribution in [3.05, 3.63) is 5.28 Å². The van der Waals surface area contributed by atoms with Gasteiger partial charge in [0, 0.05) is 13.1 Å². The van der Waals surface area contributed by atoms with Gasteiger partial charge in [-0.05, 0) is 39.5 Å². The highest BCUT2D eigenvalue weighted by Gasteiger charge is 2.07. The van der Waals surface area contributed by atoms with Gasteiger partial charge in [0.15, 0.2) is 0 Å². The van der Waals surface area contributed by atoms with E-state index in [4.69, 9.17) is 21.1 Å². The summed E-state index contributed by atoms with van der Waals surface area (Å²) in [7, 11) is 4.01. The second-order valence-corrected chi connectivity index (χ2v) is 5.06. The van der Waals surface area contributed by atoms with E-state index < -0.39 is 0 Å². The first-order chi connectivity index (χ1) is 9.47. The van der Waals surface area contributed by atoms with Crippen LogP contribution in [0, 0.1) is 0 Å². The number of nitrogens with one attached hydrogen (secondary N) is 1. The van der Waals surface area contributed by atoms with Gasteiger partial charge < -0.3 is 19.7 Å². The van der Waals surface area contributed by atoms with Gasteiger partial charge in [-0.1, -0.05) is 0 Å². The van der Waals surface area contributed by atoms with E-state index in [1.54, 1.807) is 0 Å². The van der Waals surface area contributed by atoms with Crippen molar-refractivity contribution in [3.63, 3.8) is 0 Å². The van der Waals surface area contributed by atoms with Crippen LogP contribution in [0.5, 0.6) is 6.01 Å². The Kier molecular flexibility index (Phi) is 7.50. The lowest BCUT2D eigenvalue weighted by Crippen LogP contribution is -2.20. The molecule has 0 spiro atoms. The molecule has 0 bridgehead atoms. The Labute approximate surface area is 124 Å². The second-order valence-electron chi connectivity index (χ2n) is 4.72. The zero-order valence-corrected chi connectivity index (χ0v) is 13.1. The van der Waals surface area contributed by atoms with Crippen LogP contribution in [-0.4, -0.2) is 66.4 Å². The summed E-state index contributed by atoms with van der Waals surface area (Å²) in [6.45, 7) is 6.53. The monoisotopic (exact) mass is 303 g/mol. The van der Waals surface area contributed by atoms with E-state index in [0.29, 0.717) is 25.7 Å². The maximum Gasteiger partial charge on any atom is 0.322 e. The van der Waals surface area contributed by atoms with Crippen LogP contribution in [0.4, 0.5) is 5.95 Å². The zero-order valence-electron chi connectivity index (χ0n) is 12.4. The minimum atomic E-state index is -0.0179. The van der Waals surface area contributed by atoms with Gasteiger partial charge >= 0.3 is 6.01 Å². The van der Waals surface area contributed by atoms with Gasteiger partial charge in [-0.2, -0.15) is 15.0 Å². The van der Waals surface area contributed by atoms with Gasteiger partial charge in [0.25, 0.3) is 0 Å². The van der Waals surface area contributed by atoms with Crippen molar-refractivity contribution in [2.24, 2.45) is 0 Å². The molecule has 1 N–H and O–H groups in total. The molecule has 8 heteroatoms. The Morgan fingerprint density at radius 3 is 2.60 bits per heavy atom. The summed E-state index contributed by atoms with van der Waals surface area (Å²) in [6.07, 6.45) is -0.0179. The molecule has 0 aliphatic rings. The molecule has 7 nitrogen and oxygen atoms in total. The molecule has 0 aliphatic heterocycles. The Balaban J connectivity index is 2.34. The number of likely N-dealkylation sites (N-methyl/N-ethyl adjacent to an activating group) is 1. The molecule has 1 aromatic rings. The lowest BCUT2D eigenvalue weighted by Gasteiger charge is -2.11. The highest BCUT2D eigenvalue weighted by Crippen LogP contribution is 2.12. The smallest absolute Gasteiger partial charge is 0.322 e. The summed E-state index contributed by atoms with van der Waals surface area (Å²) in [5.41, 5.74) is 0. The lowest BCUT2D eigenvalue weighted by molar-refractivity contribution is 0.126. The van der Waals surface area contributed by atoms with Crippen molar-refractivity contribution in [3.8, 4) is 6.01 Å². The van der Waals surface area contributed by atoms with Gasteiger partial charge in [0.05, 0.1) is 19.3 Å². The van der Waals surface area contributed by atoms with Gasteiger partial charge in [0.1, 0.15) is 0 Å². The van der Waals surface area contributed by atoms with Gasteiger partial charge in [-0.25, -0.2) is 0 Å². The van der Waals surface area contributed by atoms with Gasteiger partial charge in [-0.3, -0.25) is 0 Å². The van der Waals surface area contributed by atoms with Crippen LogP contribution in [0.2, 0.25) is 5.28 Å². The Bertz CT molecular complexity index is 403. The number of rotatable bonds is 9. The Hall–Kier alpha value is -1.18. The first-order valence-electron chi connectivity index (χ1n) is 6.52. The number of ether oxygens (including phenoxy) is 2. The molecule has 0 fully saturated rings. The molecule has 1 aromatic heterocycles. The predicted molar refractivity (Wildman–Crippen MR) is 78.5 cm³/mol. The molecule has 20 heavy (non-hydrogen) atoms. The lowest BCUT2D eigenvalue weighted by atomic mass is 10.5. The average Bonchev–Trinajstić information content (AvgIpc) is 2.31. The molecule has 0 radical (unpaired) electrons. The molecule has 0 atom stereocenters. The quantitative estimate of drug-likeness (QED) is 0.689. The van der Waals surface area contributed by atoms with E-state index in [-0.39, 0.29) is 17.4 Å². The summed E-state index contributed by atoms with van der Waals surface area (Å²) in [5, 5.41) is 3.13. The van der Waals surface area contributed by atoms with Crippen LogP contribution in [-0.2, 0) is 4.74 Å². The number of hydrogen-bond donors (Lipinski definition) is 1. The number of hydrogen-bond acceptors (Lipinski definition) is 7. The predicted octanol–water partition coefficient (Wildman–Crippen LogP) is 1.30. The van der Waals surface area contributed by atoms with Crippen molar-refractivity contribution in [1.29, 1.82) is 0 Å². The molecular formula is C12H22ClN5O2. The molecule has 114 valence electrons. The first kappa shape index (κ1) is 16.9. The van der Waals surface area contributed by atoms with Crippen LogP contribution in [0.1, 0.15) is 13.8 Å². The molecule has 0 saturated carbocycles. The van der Waals surface area contributed by atoms with E-state index in [1.807, 2.05) is 27.9 Å². The summed E-state index contributed by atoms with van der Waals surface area (Å²) in [4.78, 5) is 14.1. The standard InChI is InChI=1S/C12H22ClN5O2/c1-9(2)20-12-16-10(13)15-11(17-12)14-5-7-19-8-6-18(3)4/h9H,5-8H2,1-4H3,(H,14,15,16,17). The molecule has 0 aliphatic carbocycles. The van der Waals surface area contributed by atoms with Crippen molar-refractivity contribution in [2.45, 2.75) is 20.0 Å². The number of halogens is 1. The summed E-state index contributed by atoms with van der Waals surface area (Å²) >= 11 is 5.81. The van der Waals surface area contributed by atoms with Crippen molar-refractivity contribution in [2.75, 3.05) is 45.7 Å². The third-order valence-electron chi connectivity index (χ3n) is 2.14. The van der Waals surface area contributed by atoms with Gasteiger partial charge in [-0.15, -0.1) is 0 Å². The topological polar surface area (TPSA) is 72.4 Å². The second kappa shape index (κ2) is 8.89. The van der Waals surface area contributed by atoms with Crippen LogP contribution < -0.4 is 10.1 Å². The van der Waals surface area contributed by atoms with Crippen LogP contribution in [0.15, 0.2) is 0 Å². The largest absolute Gasteiger partial charge is 0.461 e. The zero-order chi connectivity index (χ0) is 15.0. The van der Waals surface area contributed by atoms with Crippen molar-refractivity contribution >= 4 is 17.5 Å². The molecule has 0 unspecified atom stereocenters. The molecular weight excluding hydrogens is 282 g/mol. The fourth-order valence-corrected chi connectivity index (χ4v) is 1.41. The summed E-state index contributed by atoms with van der Waals surface area (Å²) in [5.74, 6) is 0.386. The van der Waals surface area contributed by atoms with Crippen molar-refractivity contribution < 1.29 is 9.47 Å². The molecule has 0 amide bonds. The molecule has 0 aromatic carbocycles. The molecule has 0 saturated heterocycles. The third-order valence-corrected chi connectivity index (χ3v) is 2.31. The van der Waals surface area contributed by atoms with E-state index >= 15 is 0 Å². The summed E-state index contributed by atoms with van der Waals surface area (Å²) < 4.78 is 10.8. The highest BCUT2D eigenvalue weighted by molar-refractivity contribution is 6.28. The highest BCUT2D eigenvalue weighted by atomic mass is 35.5. The SMILES string of the molecule is CC(C)Oc1nc(Cl)nc(NCCOCCN(C)C)n1. The number of aromatic nitrogens is 3. The van der Waals surface area contributed by atoms with Crippen molar-refractivity contribution in [1.82, 2.24) is 19.9 Å². The maximum absolute atomic E-state index is 5.81. The van der Waals surface area contributed by atoms with E-state index in [2.05, 4.69) is 25.2 Å². The van der Waals surface area contributed by atoms with E-state index in [1.165, 1.54) is 0 Å². The minimum absolute atomic E-state index is 0.0179. The number of nitrogens with zero attached hydrogens (tertiary/aromatic N) is 4. The normalized spacial score (nSPS) is 11.2. The van der Waals surface area contributed by atoms with E-state index in [9.17, 15) is 0 Å². The average molecular weight is 304 g/mol. The fraction of sp³-hybridized carbons (Fsp3) is 0.750. The van der Waals surface area contributed by atoms with Crippen LogP contribution >= 0.6 is 11.6 Å². The van der Waals surface area contributed by atoms with Crippen LogP contribution in [0.25, 0.3) is 0 Å². The molecule has 1 heterocycles. The first-order valence-corrected chi connectivity index (χ1v) is 6.89. The summed E-state index contributed by atoms with van der Waals surface area (Å²) in [6, 6.07) is 0.219. The van der Waals surface area contributed by atoms with Gasteiger partial charge in [0.2, 0.25) is 11.2 Å². The third kappa shape index (κ3) is 7.42. The fourth-order valence-electron chi connectivity index (χ4n) is 1.26. The molecule has 1 rings (SSSR count). The number of anilines is 1. The van der Waals surface area contributed by atoms with Crippen LogP contribution in [0.3, 0.4) is 0 Å². The Morgan fingerprint density at radius 1 is 1.20 bits per heavy atom. The maximum atomic E-state index is 5.81. The minimum Gasteiger partial charge on any atom is -0.461 e.